The van der Waals surface area contributed by atoms with E-state index in [0.29, 0.717) is 5.82 Å². The summed E-state index contributed by atoms with van der Waals surface area (Å²) in [5, 5.41) is 12.0. The SMILES string of the molecule is Fc1ccc(Nn2cnc3nnc(-c4ccc(CCN5CCNCC5)cc4)c-3c2)cc1. The zero-order valence-corrected chi connectivity index (χ0v) is 17.1. The van der Waals surface area contributed by atoms with Crippen LogP contribution in [-0.4, -0.2) is 57.5 Å². The number of halogens is 1. The van der Waals surface area contributed by atoms with E-state index in [2.05, 4.69) is 55.1 Å². The molecule has 1 saturated heterocycles. The van der Waals surface area contributed by atoms with Crippen LogP contribution in [0.4, 0.5) is 10.1 Å². The van der Waals surface area contributed by atoms with Gasteiger partial charge in [-0.2, -0.15) is 0 Å². The van der Waals surface area contributed by atoms with Crippen LogP contribution < -0.4 is 10.7 Å². The predicted octanol–water partition coefficient (Wildman–Crippen LogP) is 2.91. The van der Waals surface area contributed by atoms with Gasteiger partial charge in [0.25, 0.3) is 0 Å². The molecular formula is C23H24FN7. The fourth-order valence-electron chi connectivity index (χ4n) is 3.81. The molecule has 2 aromatic carbocycles. The first-order valence-electron chi connectivity index (χ1n) is 10.5. The first-order chi connectivity index (χ1) is 15.2. The molecule has 5 rings (SSSR count). The number of anilines is 1. The van der Waals surface area contributed by atoms with Gasteiger partial charge in [0, 0.05) is 44.5 Å². The van der Waals surface area contributed by atoms with Gasteiger partial charge in [0.05, 0.1) is 11.3 Å². The summed E-state index contributed by atoms with van der Waals surface area (Å²) in [6.07, 6.45) is 4.57. The molecule has 3 heterocycles. The molecular weight excluding hydrogens is 393 g/mol. The standard InChI is InChI=1S/C23H24FN7/c24-19-5-7-20(8-6-19)29-31-15-21-22(27-28-23(21)26-16-31)18-3-1-17(2-4-18)9-12-30-13-10-25-11-14-30/h1-8,15-16,25,29H,9-14H2. The van der Waals surface area contributed by atoms with Crippen molar-refractivity contribution >= 4 is 5.69 Å². The van der Waals surface area contributed by atoms with Crippen molar-refractivity contribution in [3.05, 3.63) is 72.4 Å². The maximum absolute atomic E-state index is 13.1. The van der Waals surface area contributed by atoms with E-state index in [9.17, 15) is 4.39 Å². The Kier molecular flexibility index (Phi) is 5.56. The molecule has 0 amide bonds. The lowest BCUT2D eigenvalue weighted by atomic mass is 10.0. The minimum Gasteiger partial charge on any atom is -0.314 e. The second-order valence-corrected chi connectivity index (χ2v) is 7.72. The molecule has 3 aliphatic rings. The highest BCUT2D eigenvalue weighted by Gasteiger charge is 2.17. The smallest absolute Gasteiger partial charge is 0.187 e. The van der Waals surface area contributed by atoms with Crippen LogP contribution in [0.5, 0.6) is 0 Å². The van der Waals surface area contributed by atoms with Crippen molar-refractivity contribution < 1.29 is 4.39 Å². The van der Waals surface area contributed by atoms with Gasteiger partial charge in [0.2, 0.25) is 0 Å². The summed E-state index contributed by atoms with van der Waals surface area (Å²) < 4.78 is 14.9. The Balaban J connectivity index is 1.31. The van der Waals surface area contributed by atoms with E-state index < -0.39 is 0 Å². The molecule has 2 N–H and O–H groups in total. The van der Waals surface area contributed by atoms with E-state index in [1.54, 1.807) is 23.1 Å². The number of nitrogens with one attached hydrogen (secondary N) is 2. The average Bonchev–Trinajstić information content (AvgIpc) is 3.24. The molecule has 2 aromatic rings. The Morgan fingerprint density at radius 3 is 2.52 bits per heavy atom. The monoisotopic (exact) mass is 417 g/mol. The summed E-state index contributed by atoms with van der Waals surface area (Å²) >= 11 is 0. The number of hydrogen-bond acceptors (Lipinski definition) is 6. The van der Waals surface area contributed by atoms with Crippen LogP contribution in [0.2, 0.25) is 0 Å². The molecule has 8 heteroatoms. The largest absolute Gasteiger partial charge is 0.314 e. The van der Waals surface area contributed by atoms with E-state index in [1.807, 2.05) is 6.20 Å². The number of rotatable bonds is 6. The van der Waals surface area contributed by atoms with E-state index in [1.165, 1.54) is 17.7 Å². The highest BCUT2D eigenvalue weighted by atomic mass is 19.1. The van der Waals surface area contributed by atoms with Crippen molar-refractivity contribution in [2.75, 3.05) is 38.1 Å². The Bertz CT molecular complexity index is 1100. The third-order valence-corrected chi connectivity index (χ3v) is 5.57. The van der Waals surface area contributed by atoms with Crippen LogP contribution in [0, 0.1) is 5.82 Å². The fourth-order valence-corrected chi connectivity index (χ4v) is 3.81. The van der Waals surface area contributed by atoms with Crippen LogP contribution in [-0.2, 0) is 6.42 Å². The van der Waals surface area contributed by atoms with Crippen molar-refractivity contribution in [1.82, 2.24) is 30.1 Å². The molecule has 0 spiro atoms. The molecule has 0 bridgehead atoms. The third kappa shape index (κ3) is 4.55. The molecule has 0 radical (unpaired) electrons. The first-order valence-corrected chi connectivity index (χ1v) is 10.5. The lowest BCUT2D eigenvalue weighted by molar-refractivity contribution is 0.244. The van der Waals surface area contributed by atoms with Gasteiger partial charge in [-0.05, 0) is 36.2 Å². The second kappa shape index (κ2) is 8.79. The quantitative estimate of drug-likeness (QED) is 0.503. The van der Waals surface area contributed by atoms with Crippen LogP contribution in [0.1, 0.15) is 5.56 Å². The third-order valence-electron chi connectivity index (χ3n) is 5.57. The lowest BCUT2D eigenvalue weighted by Crippen LogP contribution is -2.44. The minimum atomic E-state index is -0.271. The topological polar surface area (TPSA) is 70.9 Å². The van der Waals surface area contributed by atoms with Crippen LogP contribution >= 0.6 is 0 Å². The fraction of sp³-hybridized carbons (Fsp3) is 0.261. The summed E-state index contributed by atoms with van der Waals surface area (Å²) in [7, 11) is 0. The Morgan fingerprint density at radius 2 is 1.74 bits per heavy atom. The highest BCUT2D eigenvalue weighted by molar-refractivity contribution is 5.77. The van der Waals surface area contributed by atoms with Crippen LogP contribution in [0.25, 0.3) is 22.6 Å². The van der Waals surface area contributed by atoms with Gasteiger partial charge in [-0.15, -0.1) is 10.2 Å². The molecule has 0 saturated carbocycles. The zero-order valence-electron chi connectivity index (χ0n) is 17.1. The first kappa shape index (κ1) is 19.6. The van der Waals surface area contributed by atoms with E-state index in [4.69, 9.17) is 0 Å². The van der Waals surface area contributed by atoms with E-state index in [0.717, 1.165) is 61.7 Å². The lowest BCUT2D eigenvalue weighted by Gasteiger charge is -2.27. The molecule has 0 unspecified atom stereocenters. The molecule has 31 heavy (non-hydrogen) atoms. The predicted molar refractivity (Wildman–Crippen MR) is 118 cm³/mol. The van der Waals surface area contributed by atoms with Crippen molar-refractivity contribution in [2.45, 2.75) is 6.42 Å². The van der Waals surface area contributed by atoms with Crippen molar-refractivity contribution in [3.63, 3.8) is 0 Å². The summed E-state index contributed by atoms with van der Waals surface area (Å²) in [4.78, 5) is 6.88. The number of nitrogens with zero attached hydrogens (tertiary/aromatic N) is 5. The maximum atomic E-state index is 13.1. The van der Waals surface area contributed by atoms with Crippen molar-refractivity contribution in [3.8, 4) is 22.6 Å². The Hall–Kier alpha value is -3.36. The van der Waals surface area contributed by atoms with Crippen LogP contribution in [0.3, 0.4) is 0 Å². The molecule has 0 atom stereocenters. The summed E-state index contributed by atoms with van der Waals surface area (Å²) in [6, 6.07) is 14.7. The second-order valence-electron chi connectivity index (χ2n) is 7.72. The molecule has 158 valence electrons. The summed E-state index contributed by atoms with van der Waals surface area (Å²) in [5.74, 6) is 0.321. The van der Waals surface area contributed by atoms with Crippen molar-refractivity contribution in [2.24, 2.45) is 0 Å². The summed E-state index contributed by atoms with van der Waals surface area (Å²) in [6.45, 7) is 5.47. The van der Waals surface area contributed by atoms with E-state index in [-0.39, 0.29) is 5.82 Å². The molecule has 3 aliphatic heterocycles. The van der Waals surface area contributed by atoms with Gasteiger partial charge in [0.1, 0.15) is 17.8 Å². The van der Waals surface area contributed by atoms with Gasteiger partial charge in [-0.3, -0.25) is 10.1 Å². The molecule has 1 fully saturated rings. The van der Waals surface area contributed by atoms with Gasteiger partial charge in [0.15, 0.2) is 5.82 Å². The summed E-state index contributed by atoms with van der Waals surface area (Å²) in [5.41, 5.74) is 7.91. The average molecular weight is 417 g/mol. The van der Waals surface area contributed by atoms with Crippen LogP contribution in [0.15, 0.2) is 61.1 Å². The van der Waals surface area contributed by atoms with E-state index >= 15 is 0 Å². The molecule has 7 nitrogen and oxygen atoms in total. The highest BCUT2D eigenvalue weighted by Crippen LogP contribution is 2.29. The number of fused-ring (bicyclic) bond motifs is 1. The van der Waals surface area contributed by atoms with Gasteiger partial charge >= 0.3 is 0 Å². The number of piperazine rings is 1. The molecule has 0 aliphatic carbocycles. The normalized spacial score (nSPS) is 14.7. The van der Waals surface area contributed by atoms with Gasteiger partial charge in [-0.1, -0.05) is 24.3 Å². The number of benzene rings is 2. The number of hydrogen-bond donors (Lipinski definition) is 2. The van der Waals surface area contributed by atoms with Crippen molar-refractivity contribution in [1.29, 1.82) is 0 Å². The Morgan fingerprint density at radius 1 is 0.968 bits per heavy atom. The van der Waals surface area contributed by atoms with Gasteiger partial charge in [-0.25, -0.2) is 9.37 Å². The molecule has 0 aromatic heterocycles. The minimum absolute atomic E-state index is 0.271. The maximum Gasteiger partial charge on any atom is 0.187 e. The zero-order chi connectivity index (χ0) is 21.0. The number of aromatic nitrogens is 4. The van der Waals surface area contributed by atoms with Gasteiger partial charge < -0.3 is 10.2 Å². The Labute approximate surface area is 180 Å².